The Bertz CT molecular complexity index is 334. The zero-order valence-electron chi connectivity index (χ0n) is 13.5. The van der Waals surface area contributed by atoms with Gasteiger partial charge in [-0.15, -0.1) is 0 Å². The van der Waals surface area contributed by atoms with E-state index in [0.29, 0.717) is 6.10 Å². The third-order valence-corrected chi connectivity index (χ3v) is 3.47. The van der Waals surface area contributed by atoms with E-state index < -0.39 is 0 Å². The molecule has 0 aliphatic heterocycles. The SMILES string of the molecule is CCCCc1ccc(OC(C)CCCNCCC)cc1. The van der Waals surface area contributed by atoms with Crippen molar-refractivity contribution in [1.82, 2.24) is 5.32 Å². The van der Waals surface area contributed by atoms with Gasteiger partial charge in [0.2, 0.25) is 0 Å². The van der Waals surface area contributed by atoms with E-state index in [-0.39, 0.29) is 0 Å². The Morgan fingerprint density at radius 2 is 1.75 bits per heavy atom. The summed E-state index contributed by atoms with van der Waals surface area (Å²) in [6, 6.07) is 8.61. The van der Waals surface area contributed by atoms with Crippen molar-refractivity contribution in [2.75, 3.05) is 13.1 Å². The predicted octanol–water partition coefficient (Wildman–Crippen LogP) is 4.58. The molecule has 1 aromatic rings. The maximum atomic E-state index is 5.95. The molecule has 1 aromatic carbocycles. The highest BCUT2D eigenvalue weighted by atomic mass is 16.5. The minimum Gasteiger partial charge on any atom is -0.491 e. The molecule has 114 valence electrons. The van der Waals surface area contributed by atoms with Gasteiger partial charge in [-0.25, -0.2) is 0 Å². The number of aryl methyl sites for hydroxylation is 1. The molecule has 0 fully saturated rings. The zero-order chi connectivity index (χ0) is 14.6. The molecular formula is C18H31NO. The summed E-state index contributed by atoms with van der Waals surface area (Å²) in [4.78, 5) is 0. The van der Waals surface area contributed by atoms with Crippen LogP contribution in [-0.2, 0) is 6.42 Å². The fourth-order valence-electron chi connectivity index (χ4n) is 2.22. The van der Waals surface area contributed by atoms with Crippen LogP contribution in [0.3, 0.4) is 0 Å². The largest absolute Gasteiger partial charge is 0.491 e. The van der Waals surface area contributed by atoms with E-state index >= 15 is 0 Å². The summed E-state index contributed by atoms with van der Waals surface area (Å²) in [5.41, 5.74) is 1.41. The third kappa shape index (κ3) is 7.54. The van der Waals surface area contributed by atoms with Gasteiger partial charge in [0.05, 0.1) is 6.10 Å². The van der Waals surface area contributed by atoms with E-state index in [1.807, 2.05) is 0 Å². The molecule has 1 atom stereocenters. The first-order chi connectivity index (χ1) is 9.76. The quantitative estimate of drug-likeness (QED) is 0.598. The van der Waals surface area contributed by atoms with Gasteiger partial charge in [-0.05, 0) is 69.8 Å². The summed E-state index contributed by atoms with van der Waals surface area (Å²) in [7, 11) is 0. The zero-order valence-corrected chi connectivity index (χ0v) is 13.5. The van der Waals surface area contributed by atoms with Crippen molar-refractivity contribution in [3.05, 3.63) is 29.8 Å². The van der Waals surface area contributed by atoms with Crippen molar-refractivity contribution < 1.29 is 4.74 Å². The lowest BCUT2D eigenvalue weighted by molar-refractivity contribution is 0.207. The maximum Gasteiger partial charge on any atom is 0.119 e. The summed E-state index contributed by atoms with van der Waals surface area (Å²) < 4.78 is 5.95. The molecule has 0 spiro atoms. The van der Waals surface area contributed by atoms with Crippen molar-refractivity contribution in [1.29, 1.82) is 0 Å². The number of ether oxygens (including phenoxy) is 1. The molecule has 0 radical (unpaired) electrons. The minimum atomic E-state index is 0.292. The van der Waals surface area contributed by atoms with Crippen LogP contribution in [-0.4, -0.2) is 19.2 Å². The molecule has 2 heteroatoms. The third-order valence-electron chi connectivity index (χ3n) is 3.47. The van der Waals surface area contributed by atoms with Crippen molar-refractivity contribution >= 4 is 0 Å². The lowest BCUT2D eigenvalue weighted by Crippen LogP contribution is -2.19. The number of hydrogen-bond donors (Lipinski definition) is 1. The first-order valence-corrected chi connectivity index (χ1v) is 8.22. The normalized spacial score (nSPS) is 12.3. The summed E-state index contributed by atoms with van der Waals surface area (Å²) in [5.74, 6) is 0.999. The van der Waals surface area contributed by atoms with Crippen molar-refractivity contribution in [3.63, 3.8) is 0 Å². The van der Waals surface area contributed by atoms with Crippen LogP contribution in [0.2, 0.25) is 0 Å². The smallest absolute Gasteiger partial charge is 0.119 e. The summed E-state index contributed by atoms with van der Waals surface area (Å²) in [5, 5.41) is 3.43. The van der Waals surface area contributed by atoms with Gasteiger partial charge in [0, 0.05) is 0 Å². The van der Waals surface area contributed by atoms with Crippen LogP contribution >= 0.6 is 0 Å². The molecule has 0 saturated carbocycles. The second-order valence-electron chi connectivity index (χ2n) is 5.57. The van der Waals surface area contributed by atoms with Gasteiger partial charge >= 0.3 is 0 Å². The average molecular weight is 277 g/mol. The Morgan fingerprint density at radius 1 is 1.00 bits per heavy atom. The minimum absolute atomic E-state index is 0.292. The molecule has 1 N–H and O–H groups in total. The van der Waals surface area contributed by atoms with Gasteiger partial charge in [-0.1, -0.05) is 32.4 Å². The topological polar surface area (TPSA) is 21.3 Å². The summed E-state index contributed by atoms with van der Waals surface area (Å²) in [6.45, 7) is 8.80. The first kappa shape index (κ1) is 17.0. The highest BCUT2D eigenvalue weighted by Gasteiger charge is 2.04. The van der Waals surface area contributed by atoms with E-state index in [4.69, 9.17) is 4.74 Å². The molecule has 0 heterocycles. The number of nitrogens with one attached hydrogen (secondary N) is 1. The Kier molecular flexibility index (Phi) is 9.14. The molecule has 0 amide bonds. The fourth-order valence-corrected chi connectivity index (χ4v) is 2.22. The monoisotopic (exact) mass is 277 g/mol. The lowest BCUT2D eigenvalue weighted by Gasteiger charge is -2.15. The molecule has 0 bridgehead atoms. The van der Waals surface area contributed by atoms with Gasteiger partial charge < -0.3 is 10.1 Å². The molecule has 2 nitrogen and oxygen atoms in total. The Hall–Kier alpha value is -1.02. The van der Waals surface area contributed by atoms with Crippen molar-refractivity contribution in [2.45, 2.75) is 65.4 Å². The molecule has 0 aliphatic rings. The van der Waals surface area contributed by atoms with Crippen molar-refractivity contribution in [3.8, 4) is 5.75 Å². The fraction of sp³-hybridized carbons (Fsp3) is 0.667. The van der Waals surface area contributed by atoms with E-state index in [9.17, 15) is 0 Å². The van der Waals surface area contributed by atoms with Gasteiger partial charge in [0.1, 0.15) is 5.75 Å². The molecule has 0 aliphatic carbocycles. The van der Waals surface area contributed by atoms with Crippen LogP contribution in [0.15, 0.2) is 24.3 Å². The molecule has 1 rings (SSSR count). The highest BCUT2D eigenvalue weighted by Crippen LogP contribution is 2.16. The standard InChI is InChI=1S/C18H31NO/c1-4-6-9-17-10-12-18(13-11-17)20-16(3)8-7-15-19-14-5-2/h10-13,16,19H,4-9,14-15H2,1-3H3. The summed E-state index contributed by atoms with van der Waals surface area (Å²) in [6.07, 6.45) is 7.47. The second kappa shape index (κ2) is 10.7. The van der Waals surface area contributed by atoms with E-state index in [1.165, 1.54) is 37.7 Å². The van der Waals surface area contributed by atoms with Crippen LogP contribution in [0.4, 0.5) is 0 Å². The Balaban J connectivity index is 2.22. The maximum absolute atomic E-state index is 5.95. The number of benzene rings is 1. The molecule has 1 unspecified atom stereocenters. The van der Waals surface area contributed by atoms with Gasteiger partial charge in [0.25, 0.3) is 0 Å². The number of hydrogen-bond acceptors (Lipinski definition) is 2. The lowest BCUT2D eigenvalue weighted by atomic mass is 10.1. The average Bonchev–Trinajstić information content (AvgIpc) is 2.46. The van der Waals surface area contributed by atoms with Crippen molar-refractivity contribution in [2.24, 2.45) is 0 Å². The Morgan fingerprint density at radius 3 is 2.40 bits per heavy atom. The van der Waals surface area contributed by atoms with E-state index in [2.05, 4.69) is 50.4 Å². The highest BCUT2D eigenvalue weighted by molar-refractivity contribution is 5.27. The van der Waals surface area contributed by atoms with Crippen LogP contribution in [0.5, 0.6) is 5.75 Å². The summed E-state index contributed by atoms with van der Waals surface area (Å²) >= 11 is 0. The molecule has 0 saturated heterocycles. The van der Waals surface area contributed by atoms with Crippen LogP contribution < -0.4 is 10.1 Å². The van der Waals surface area contributed by atoms with E-state index in [1.54, 1.807) is 0 Å². The Labute approximate surface area is 124 Å². The predicted molar refractivity (Wildman–Crippen MR) is 87.5 cm³/mol. The molecule has 0 aromatic heterocycles. The first-order valence-electron chi connectivity index (χ1n) is 8.22. The van der Waals surface area contributed by atoms with Gasteiger partial charge in [-0.3, -0.25) is 0 Å². The van der Waals surface area contributed by atoms with Crippen LogP contribution in [0, 0.1) is 0 Å². The molecular weight excluding hydrogens is 246 g/mol. The number of unbranched alkanes of at least 4 members (excludes halogenated alkanes) is 1. The van der Waals surface area contributed by atoms with Gasteiger partial charge in [0.15, 0.2) is 0 Å². The van der Waals surface area contributed by atoms with Crippen LogP contribution in [0.25, 0.3) is 0 Å². The number of rotatable bonds is 11. The second-order valence-corrected chi connectivity index (χ2v) is 5.57. The molecule has 20 heavy (non-hydrogen) atoms. The van der Waals surface area contributed by atoms with E-state index in [0.717, 1.165) is 25.3 Å². The van der Waals surface area contributed by atoms with Crippen LogP contribution in [0.1, 0.15) is 58.4 Å². The van der Waals surface area contributed by atoms with Gasteiger partial charge in [-0.2, -0.15) is 0 Å².